The van der Waals surface area contributed by atoms with E-state index in [-0.39, 0.29) is 40.0 Å². The summed E-state index contributed by atoms with van der Waals surface area (Å²) in [6, 6.07) is 7.78. The van der Waals surface area contributed by atoms with Crippen LogP contribution in [0.2, 0.25) is 0 Å². The van der Waals surface area contributed by atoms with E-state index in [0.717, 1.165) is 12.8 Å². The normalized spacial score (nSPS) is 8.54. The molecule has 0 aromatic heterocycles. The van der Waals surface area contributed by atoms with Crippen molar-refractivity contribution in [2.45, 2.75) is 33.6 Å². The maximum atomic E-state index is 3.33. The fraction of sp³-hybridized carbons (Fsp3) is 0.455. The third-order valence-electron chi connectivity index (χ3n) is 1.91. The number of halogens is 1. The summed E-state index contributed by atoms with van der Waals surface area (Å²) in [4.78, 5) is 0. The van der Waals surface area contributed by atoms with Gasteiger partial charge in [-0.1, -0.05) is 33.6 Å². The van der Waals surface area contributed by atoms with Gasteiger partial charge in [0.15, 0.2) is 0 Å². The van der Waals surface area contributed by atoms with Gasteiger partial charge in [0.2, 0.25) is 0 Å². The van der Waals surface area contributed by atoms with E-state index >= 15 is 0 Å². The van der Waals surface area contributed by atoms with Gasteiger partial charge < -0.3 is 17.0 Å². The molecule has 0 spiro atoms. The van der Waals surface area contributed by atoms with Crippen molar-refractivity contribution in [2.24, 2.45) is 0 Å². The van der Waals surface area contributed by atoms with Crippen LogP contribution in [0.25, 0.3) is 0 Å². The van der Waals surface area contributed by atoms with E-state index in [0.29, 0.717) is 0 Å². The summed E-state index contributed by atoms with van der Waals surface area (Å²) in [6.07, 6.45) is 2.22. The summed E-state index contributed by atoms with van der Waals surface area (Å²) < 4.78 is 0. The second-order valence-corrected chi connectivity index (χ2v) is 2.90. The van der Waals surface area contributed by atoms with Gasteiger partial charge in [-0.25, -0.2) is 0 Å². The van der Waals surface area contributed by atoms with E-state index in [9.17, 15) is 0 Å². The van der Waals surface area contributed by atoms with E-state index in [2.05, 4.69) is 39.0 Å². The van der Waals surface area contributed by atoms with Gasteiger partial charge in [0, 0.05) is 0 Å². The second-order valence-electron chi connectivity index (χ2n) is 2.90. The molecule has 1 aromatic rings. The Hall–Kier alpha value is 0.466. The summed E-state index contributed by atoms with van der Waals surface area (Å²) in [5.41, 5.74) is 4.03. The van der Waals surface area contributed by atoms with Gasteiger partial charge in [-0.2, -0.15) is 34.9 Å². The SMILES string of the molecule is CCc1[c-]c(C)cc(CC)c1.[Br-].[Mg+2]. The van der Waals surface area contributed by atoms with Gasteiger partial charge >= 0.3 is 23.1 Å². The van der Waals surface area contributed by atoms with Gasteiger partial charge in [-0.15, -0.1) is 0 Å². The molecule has 1 aromatic carbocycles. The van der Waals surface area contributed by atoms with Crippen molar-refractivity contribution in [3.8, 4) is 0 Å². The van der Waals surface area contributed by atoms with Crippen LogP contribution in [-0.4, -0.2) is 23.1 Å². The second kappa shape index (κ2) is 7.83. The summed E-state index contributed by atoms with van der Waals surface area (Å²) in [6.45, 7) is 6.47. The molecule has 0 radical (unpaired) electrons. The van der Waals surface area contributed by atoms with Crippen molar-refractivity contribution in [1.29, 1.82) is 0 Å². The Morgan fingerprint density at radius 2 is 1.77 bits per heavy atom. The molecule has 0 N–H and O–H groups in total. The van der Waals surface area contributed by atoms with Crippen LogP contribution in [0.1, 0.15) is 30.5 Å². The fourth-order valence-electron chi connectivity index (χ4n) is 1.26. The molecule has 0 aliphatic heterocycles. The number of benzene rings is 1. The smallest absolute Gasteiger partial charge is 1.00 e. The van der Waals surface area contributed by atoms with Gasteiger partial charge in [0.05, 0.1) is 0 Å². The minimum atomic E-state index is 0. The van der Waals surface area contributed by atoms with E-state index in [1.807, 2.05) is 0 Å². The molecule has 0 heterocycles. The Morgan fingerprint density at radius 3 is 2.23 bits per heavy atom. The monoisotopic (exact) mass is 250 g/mol. The van der Waals surface area contributed by atoms with Gasteiger partial charge in [0.25, 0.3) is 0 Å². The predicted molar refractivity (Wildman–Crippen MR) is 54.5 cm³/mol. The van der Waals surface area contributed by atoms with Crippen LogP contribution < -0.4 is 17.0 Å². The van der Waals surface area contributed by atoms with Crippen molar-refractivity contribution in [1.82, 2.24) is 0 Å². The maximum Gasteiger partial charge on any atom is 2.00 e. The van der Waals surface area contributed by atoms with E-state index in [4.69, 9.17) is 0 Å². The average molecular weight is 251 g/mol. The number of hydrogen-bond donors (Lipinski definition) is 0. The molecule has 0 atom stereocenters. The third-order valence-corrected chi connectivity index (χ3v) is 1.91. The molecule has 0 amide bonds. The zero-order chi connectivity index (χ0) is 8.27. The molecule has 68 valence electrons. The molecule has 2 heteroatoms. The largest absolute Gasteiger partial charge is 2.00 e. The van der Waals surface area contributed by atoms with Gasteiger partial charge in [-0.3, -0.25) is 0 Å². The first-order valence-corrected chi connectivity index (χ1v) is 4.28. The predicted octanol–water partition coefficient (Wildman–Crippen LogP) is -0.457. The van der Waals surface area contributed by atoms with E-state index < -0.39 is 0 Å². The van der Waals surface area contributed by atoms with Crippen LogP contribution in [0.15, 0.2) is 12.1 Å². The minimum absolute atomic E-state index is 0. The topological polar surface area (TPSA) is 0 Å². The molecule has 0 aliphatic rings. The summed E-state index contributed by atoms with van der Waals surface area (Å²) in [5.74, 6) is 0. The molecule has 0 unspecified atom stereocenters. The first-order chi connectivity index (χ1) is 5.26. The molecule has 0 nitrogen and oxygen atoms in total. The van der Waals surface area contributed by atoms with Crippen molar-refractivity contribution >= 4 is 23.1 Å². The molecule has 0 fully saturated rings. The van der Waals surface area contributed by atoms with Crippen LogP contribution in [0.5, 0.6) is 0 Å². The van der Waals surface area contributed by atoms with Crippen LogP contribution in [0.3, 0.4) is 0 Å². The molecule has 0 aliphatic carbocycles. The molecular weight excluding hydrogens is 236 g/mol. The zero-order valence-corrected chi connectivity index (χ0v) is 11.7. The fourth-order valence-corrected chi connectivity index (χ4v) is 1.26. The Kier molecular flexibility index (Phi) is 9.59. The Labute approximate surface area is 108 Å². The molecule has 1 rings (SSSR count). The summed E-state index contributed by atoms with van der Waals surface area (Å²) in [7, 11) is 0. The molecule has 13 heavy (non-hydrogen) atoms. The number of rotatable bonds is 2. The average Bonchev–Trinajstić information content (AvgIpc) is 2.03. The first kappa shape index (κ1) is 15.9. The van der Waals surface area contributed by atoms with Crippen molar-refractivity contribution in [2.75, 3.05) is 0 Å². The third kappa shape index (κ3) is 5.04. The van der Waals surface area contributed by atoms with E-state index in [1.165, 1.54) is 16.7 Å². The number of hydrogen-bond acceptors (Lipinski definition) is 0. The summed E-state index contributed by atoms with van der Waals surface area (Å²) >= 11 is 0. The Balaban J connectivity index is 0. The molecular formula is C11H15BrMg. The van der Waals surface area contributed by atoms with Crippen LogP contribution in [0, 0.1) is 13.0 Å². The molecule has 0 bridgehead atoms. The first-order valence-electron chi connectivity index (χ1n) is 4.28. The molecule has 0 saturated carbocycles. The zero-order valence-electron chi connectivity index (χ0n) is 8.65. The number of aryl methyl sites for hydroxylation is 3. The summed E-state index contributed by atoms with van der Waals surface area (Å²) in [5, 5.41) is 0. The quantitative estimate of drug-likeness (QED) is 0.493. The van der Waals surface area contributed by atoms with Crippen molar-refractivity contribution in [3.63, 3.8) is 0 Å². The minimum Gasteiger partial charge on any atom is -1.00 e. The van der Waals surface area contributed by atoms with Crippen LogP contribution in [-0.2, 0) is 12.8 Å². The standard InChI is InChI=1S/C11H15.BrH.Mg/c1-4-10-6-9(3)7-11(5-2)8-10;;/h6,8H,4-5H2,1-3H3;1H;/q-1;;+2/p-1. The Morgan fingerprint density at radius 1 is 1.15 bits per heavy atom. The van der Waals surface area contributed by atoms with Crippen LogP contribution in [0.4, 0.5) is 0 Å². The maximum absolute atomic E-state index is 3.33. The van der Waals surface area contributed by atoms with Crippen LogP contribution >= 0.6 is 0 Å². The van der Waals surface area contributed by atoms with Crippen molar-refractivity contribution < 1.29 is 17.0 Å². The van der Waals surface area contributed by atoms with Gasteiger partial charge in [-0.05, 0) is 0 Å². The van der Waals surface area contributed by atoms with Gasteiger partial charge in [0.1, 0.15) is 0 Å². The van der Waals surface area contributed by atoms with Crippen molar-refractivity contribution in [3.05, 3.63) is 34.9 Å². The molecule has 0 saturated heterocycles. The van der Waals surface area contributed by atoms with E-state index in [1.54, 1.807) is 0 Å². The Bertz CT molecular complexity index is 224.